The summed E-state index contributed by atoms with van der Waals surface area (Å²) < 4.78 is 0. The third kappa shape index (κ3) is 2.11. The molecule has 100 valence electrons. The molecule has 2 aliphatic heterocycles. The van der Waals surface area contributed by atoms with Crippen LogP contribution in [-0.4, -0.2) is 25.5 Å². The van der Waals surface area contributed by atoms with E-state index in [1.807, 2.05) is 0 Å². The van der Waals surface area contributed by atoms with Crippen LogP contribution in [0.25, 0.3) is 0 Å². The highest BCUT2D eigenvalue weighted by atomic mass is 32.1. The number of nitrogens with zero attached hydrogens (tertiary/aromatic N) is 2. The van der Waals surface area contributed by atoms with Crippen molar-refractivity contribution in [2.24, 2.45) is 11.3 Å². The molecule has 1 saturated heterocycles. The highest BCUT2D eigenvalue weighted by Gasteiger charge is 2.53. The molecule has 0 unspecified atom stereocenters. The van der Waals surface area contributed by atoms with Gasteiger partial charge < -0.3 is 10.2 Å². The van der Waals surface area contributed by atoms with E-state index in [0.29, 0.717) is 23.4 Å². The van der Waals surface area contributed by atoms with Crippen molar-refractivity contribution in [1.29, 1.82) is 10.5 Å². The first-order chi connectivity index (χ1) is 9.08. The predicted molar refractivity (Wildman–Crippen MR) is 71.8 cm³/mol. The number of amides is 1. The lowest BCUT2D eigenvalue weighted by Gasteiger charge is -2.43. The van der Waals surface area contributed by atoms with Gasteiger partial charge in [0.1, 0.15) is 5.92 Å². The van der Waals surface area contributed by atoms with Gasteiger partial charge in [-0.3, -0.25) is 4.79 Å². The summed E-state index contributed by atoms with van der Waals surface area (Å²) in [5.74, 6) is -1.11. The number of quaternary nitrogens is 1. The van der Waals surface area contributed by atoms with Crippen molar-refractivity contribution in [3.05, 3.63) is 10.6 Å². The van der Waals surface area contributed by atoms with Crippen LogP contribution < -0.4 is 10.2 Å². The maximum absolute atomic E-state index is 12.0. The minimum atomic E-state index is -0.781. The van der Waals surface area contributed by atoms with Gasteiger partial charge in [0.05, 0.1) is 42.4 Å². The molecule has 2 aliphatic rings. The Kier molecular flexibility index (Phi) is 3.84. The number of likely N-dealkylation sites (tertiary alicyclic amines) is 1. The minimum absolute atomic E-state index is 0.318. The molecule has 0 aliphatic carbocycles. The third-order valence-electron chi connectivity index (χ3n) is 4.38. The predicted octanol–water partition coefficient (Wildman–Crippen LogP) is -0.394. The van der Waals surface area contributed by atoms with Crippen LogP contribution in [0.5, 0.6) is 0 Å². The lowest BCUT2D eigenvalue weighted by Crippen LogP contribution is -3.13. The zero-order chi connectivity index (χ0) is 14.0. The average molecular weight is 277 g/mol. The zero-order valence-corrected chi connectivity index (χ0v) is 11.8. The van der Waals surface area contributed by atoms with Crippen molar-refractivity contribution in [3.63, 3.8) is 0 Å². The van der Waals surface area contributed by atoms with E-state index < -0.39 is 11.3 Å². The average Bonchev–Trinajstić information content (AvgIpc) is 2.40. The van der Waals surface area contributed by atoms with Crippen molar-refractivity contribution >= 4 is 18.5 Å². The Morgan fingerprint density at radius 3 is 2.58 bits per heavy atom. The monoisotopic (exact) mass is 277 g/mol. The Balaban J connectivity index is 2.44. The van der Waals surface area contributed by atoms with Crippen molar-refractivity contribution in [2.75, 3.05) is 19.6 Å². The van der Waals surface area contributed by atoms with E-state index in [0.717, 1.165) is 19.6 Å². The second kappa shape index (κ2) is 5.24. The molecule has 0 radical (unpaired) electrons. The maximum atomic E-state index is 12.0. The molecule has 0 aromatic heterocycles. The van der Waals surface area contributed by atoms with Crippen LogP contribution in [0.2, 0.25) is 0 Å². The SMILES string of the molecule is CC[NH+]1CCC2(CC1)C(C#N)=C(S)NC(=O)[C@H]2C#N. The second-order valence-electron chi connectivity index (χ2n) is 5.15. The molecule has 2 N–H and O–H groups in total. The number of piperidine rings is 1. The lowest BCUT2D eigenvalue weighted by atomic mass is 9.63. The molecule has 0 aromatic rings. The number of carbonyl (C=O) groups excluding carboxylic acids is 1. The molecule has 0 saturated carbocycles. The van der Waals surface area contributed by atoms with Crippen LogP contribution in [0.3, 0.4) is 0 Å². The Morgan fingerprint density at radius 1 is 1.47 bits per heavy atom. The molecule has 0 aromatic carbocycles. The molecular weight excluding hydrogens is 260 g/mol. The highest BCUT2D eigenvalue weighted by molar-refractivity contribution is 7.84. The first-order valence-corrected chi connectivity index (χ1v) is 6.91. The van der Waals surface area contributed by atoms with Gasteiger partial charge in [0.25, 0.3) is 0 Å². The first-order valence-electron chi connectivity index (χ1n) is 6.47. The summed E-state index contributed by atoms with van der Waals surface area (Å²) in [6.45, 7) is 4.91. The fraction of sp³-hybridized carbons (Fsp3) is 0.615. The minimum Gasteiger partial charge on any atom is -0.335 e. The molecule has 0 bridgehead atoms. The van der Waals surface area contributed by atoms with Crippen LogP contribution in [-0.2, 0) is 4.79 Å². The van der Waals surface area contributed by atoms with Gasteiger partial charge >= 0.3 is 0 Å². The summed E-state index contributed by atoms with van der Waals surface area (Å²) in [4.78, 5) is 13.4. The van der Waals surface area contributed by atoms with Crippen LogP contribution in [0.15, 0.2) is 10.6 Å². The number of hydrogen-bond donors (Lipinski definition) is 3. The molecule has 5 nitrogen and oxygen atoms in total. The lowest BCUT2D eigenvalue weighted by molar-refractivity contribution is -0.905. The summed E-state index contributed by atoms with van der Waals surface area (Å²) in [5.41, 5.74) is -0.168. The van der Waals surface area contributed by atoms with Gasteiger partial charge in [0, 0.05) is 18.3 Å². The van der Waals surface area contributed by atoms with Gasteiger partial charge in [-0.15, -0.1) is 12.6 Å². The molecular formula is C13H17N4OS+. The third-order valence-corrected chi connectivity index (χ3v) is 4.72. The maximum Gasteiger partial charge on any atom is 0.243 e. The molecule has 2 rings (SSSR count). The number of nitrogens with one attached hydrogen (secondary N) is 2. The summed E-state index contributed by atoms with van der Waals surface area (Å²) >= 11 is 4.21. The van der Waals surface area contributed by atoms with E-state index in [9.17, 15) is 15.3 Å². The molecule has 1 amide bonds. The van der Waals surface area contributed by atoms with Gasteiger partial charge in [-0.2, -0.15) is 10.5 Å². The van der Waals surface area contributed by atoms with E-state index in [1.54, 1.807) is 0 Å². The van der Waals surface area contributed by atoms with Crippen LogP contribution in [0, 0.1) is 34.0 Å². The summed E-state index contributed by atoms with van der Waals surface area (Å²) in [6, 6.07) is 4.25. The topological polar surface area (TPSA) is 81.1 Å². The van der Waals surface area contributed by atoms with E-state index >= 15 is 0 Å². The number of carbonyl (C=O) groups is 1. The Hall–Kier alpha value is -1.50. The highest BCUT2D eigenvalue weighted by Crippen LogP contribution is 2.46. The molecule has 6 heteroatoms. The van der Waals surface area contributed by atoms with Gasteiger partial charge in [-0.1, -0.05) is 0 Å². The summed E-state index contributed by atoms with van der Waals surface area (Å²) in [5, 5.41) is 21.6. The normalized spacial score (nSPS) is 34.6. The van der Waals surface area contributed by atoms with Gasteiger partial charge in [0.2, 0.25) is 5.91 Å². The van der Waals surface area contributed by atoms with Crippen LogP contribution in [0.1, 0.15) is 19.8 Å². The Labute approximate surface area is 118 Å². The quantitative estimate of drug-likeness (QED) is 0.571. The standard InChI is InChI=1S/C13H16N4OS/c1-2-17-5-3-13(4-6-17)9(7-14)11(18)16-12(19)10(13)8-15/h9,19H,2-6H2,1H3,(H,16,18)/p+1/t9-/m1/s1. The summed E-state index contributed by atoms with van der Waals surface area (Å²) in [6.07, 6.45) is 1.38. The van der Waals surface area contributed by atoms with Gasteiger partial charge in [-0.25, -0.2) is 0 Å². The van der Waals surface area contributed by atoms with Gasteiger partial charge in [0.15, 0.2) is 0 Å². The number of rotatable bonds is 1. The number of allylic oxidation sites excluding steroid dienone is 1. The van der Waals surface area contributed by atoms with Crippen LogP contribution in [0.4, 0.5) is 0 Å². The van der Waals surface area contributed by atoms with Crippen LogP contribution >= 0.6 is 12.6 Å². The van der Waals surface area contributed by atoms with Crippen molar-refractivity contribution in [2.45, 2.75) is 19.8 Å². The molecule has 19 heavy (non-hydrogen) atoms. The van der Waals surface area contributed by atoms with E-state index in [1.165, 1.54) is 4.90 Å². The summed E-state index contributed by atoms with van der Waals surface area (Å²) in [7, 11) is 0. The van der Waals surface area contributed by atoms with E-state index in [2.05, 4.69) is 37.0 Å². The Morgan fingerprint density at radius 2 is 2.11 bits per heavy atom. The fourth-order valence-electron chi connectivity index (χ4n) is 3.17. The van der Waals surface area contributed by atoms with Crippen molar-refractivity contribution < 1.29 is 9.69 Å². The fourth-order valence-corrected chi connectivity index (χ4v) is 3.55. The number of nitriles is 2. The van der Waals surface area contributed by atoms with E-state index in [4.69, 9.17) is 0 Å². The van der Waals surface area contributed by atoms with Gasteiger partial charge in [-0.05, 0) is 6.92 Å². The molecule has 1 atom stereocenters. The van der Waals surface area contributed by atoms with Crippen molar-refractivity contribution in [3.8, 4) is 12.1 Å². The van der Waals surface area contributed by atoms with Crippen molar-refractivity contribution in [1.82, 2.24) is 5.32 Å². The molecule has 1 spiro atoms. The molecule has 1 fully saturated rings. The number of hydrogen-bond acceptors (Lipinski definition) is 4. The first kappa shape index (κ1) is 13.9. The second-order valence-corrected chi connectivity index (χ2v) is 5.59. The zero-order valence-electron chi connectivity index (χ0n) is 10.9. The largest absolute Gasteiger partial charge is 0.335 e. The van der Waals surface area contributed by atoms with E-state index in [-0.39, 0.29) is 5.91 Å². The Bertz CT molecular complexity index is 506. The number of thiol groups is 1. The smallest absolute Gasteiger partial charge is 0.243 e. The molecule has 2 heterocycles.